The fourth-order valence-electron chi connectivity index (χ4n) is 6.34. The summed E-state index contributed by atoms with van der Waals surface area (Å²) < 4.78 is 42.3. The molecule has 0 radical (unpaired) electrons. The molecule has 410 valence electrons. The van der Waals surface area contributed by atoms with Crippen molar-refractivity contribution in [2.45, 2.75) is 108 Å². The first-order valence-corrected chi connectivity index (χ1v) is 23.0. The van der Waals surface area contributed by atoms with Gasteiger partial charge in [0.2, 0.25) is 23.6 Å². The van der Waals surface area contributed by atoms with E-state index in [1.807, 2.05) is 6.07 Å². The number of nitrogens with zero attached hydrogens (tertiary/aromatic N) is 2. The van der Waals surface area contributed by atoms with Crippen LogP contribution in [-0.2, 0) is 62.7 Å². The van der Waals surface area contributed by atoms with Gasteiger partial charge in [-0.25, -0.2) is 29.5 Å². The summed E-state index contributed by atoms with van der Waals surface area (Å²) in [6.07, 6.45) is -6.33. The molecule has 5 atom stereocenters. The summed E-state index contributed by atoms with van der Waals surface area (Å²) in [4.78, 5) is 117. The summed E-state index contributed by atoms with van der Waals surface area (Å²) in [5.41, 5.74) is 15.4. The molecule has 3 aromatic carbocycles. The highest BCUT2D eigenvalue weighted by Crippen LogP contribution is 2.14. The second-order valence-electron chi connectivity index (χ2n) is 16.6. The van der Waals surface area contributed by atoms with Crippen LogP contribution in [0.1, 0.15) is 69.1 Å². The predicted octanol–water partition coefficient (Wildman–Crippen LogP) is 1.68. The molecular formula is C47H61F3N10O15. The van der Waals surface area contributed by atoms with Crippen LogP contribution in [0.15, 0.2) is 89.9 Å². The monoisotopic (exact) mass is 1060 g/mol. The number of esters is 1. The van der Waals surface area contributed by atoms with Gasteiger partial charge in [-0.3, -0.25) is 24.0 Å². The van der Waals surface area contributed by atoms with Crippen LogP contribution in [0.4, 0.5) is 18.0 Å². The van der Waals surface area contributed by atoms with E-state index in [4.69, 9.17) is 30.8 Å². The number of halogens is 3. The molecule has 0 fully saturated rings. The number of phenols is 1. The third-order valence-corrected chi connectivity index (χ3v) is 10.3. The van der Waals surface area contributed by atoms with Crippen LogP contribution in [-0.4, -0.2) is 123 Å². The number of nitrogens with one attached hydrogen (secondary N) is 6. The van der Waals surface area contributed by atoms with Gasteiger partial charge in [0.05, 0.1) is 12.5 Å². The van der Waals surface area contributed by atoms with Crippen LogP contribution in [0.2, 0.25) is 0 Å². The summed E-state index contributed by atoms with van der Waals surface area (Å²) in [5.74, 6) is -9.85. The maximum absolute atomic E-state index is 14.2. The maximum Gasteiger partial charge on any atom is 0.490 e. The van der Waals surface area contributed by atoms with Crippen LogP contribution in [0, 0.1) is 16.0 Å². The average Bonchev–Trinajstić information content (AvgIpc) is 3.35. The molecule has 0 saturated carbocycles. The number of aliphatic imine (C=N–C) groups is 1. The Labute approximate surface area is 427 Å². The number of hydrogen-bond acceptors (Lipinski definition) is 15. The summed E-state index contributed by atoms with van der Waals surface area (Å²) >= 11 is 0. The van der Waals surface area contributed by atoms with E-state index in [1.165, 1.54) is 12.1 Å². The number of carbonyl (C=O) groups excluding carboxylic acids is 6. The van der Waals surface area contributed by atoms with E-state index in [-0.39, 0.29) is 70.6 Å². The Kier molecular flexibility index (Phi) is 27.1. The maximum atomic E-state index is 14.2. The van der Waals surface area contributed by atoms with Gasteiger partial charge in [-0.1, -0.05) is 92.1 Å². The summed E-state index contributed by atoms with van der Waals surface area (Å²) in [5, 5.41) is 49.0. The van der Waals surface area contributed by atoms with Gasteiger partial charge >= 0.3 is 30.2 Å². The highest BCUT2D eigenvalue weighted by atomic mass is 19.4. The van der Waals surface area contributed by atoms with Gasteiger partial charge in [-0.05, 0) is 73.3 Å². The van der Waals surface area contributed by atoms with Crippen molar-refractivity contribution in [2.24, 2.45) is 22.4 Å². The lowest BCUT2D eigenvalue weighted by molar-refractivity contribution is -0.525. The second kappa shape index (κ2) is 32.5. The van der Waals surface area contributed by atoms with E-state index in [0.717, 1.165) is 5.56 Å². The molecule has 5 amide bonds. The SMILES string of the molecule is CC(C)[C@H](NC(=O)[C@H](CC(=O)OCc1ccccc1)NC(=O)[C@H](CCCCNC(=O)OCc1ccccc1)NC(=O)[C@H](CCCN=C(N)N[N+](=O)[O-])NC(=O)[C@@H](N)Cc1ccc(O)cc1)C(=O)O.O=C(O)C(F)(F)F. The zero-order chi connectivity index (χ0) is 56.1. The van der Waals surface area contributed by atoms with E-state index in [1.54, 1.807) is 86.0 Å². The van der Waals surface area contributed by atoms with Crippen molar-refractivity contribution < 1.29 is 81.4 Å². The Bertz CT molecular complexity index is 2380. The third-order valence-electron chi connectivity index (χ3n) is 10.3. The molecule has 75 heavy (non-hydrogen) atoms. The molecular weight excluding hydrogens is 1000 g/mol. The molecule has 25 nitrogen and oxygen atoms in total. The number of alkyl carbamates (subject to hydrolysis) is 1. The van der Waals surface area contributed by atoms with Gasteiger partial charge in [-0.15, -0.1) is 0 Å². The van der Waals surface area contributed by atoms with Gasteiger partial charge in [0.1, 0.15) is 43.1 Å². The number of carbonyl (C=O) groups is 8. The van der Waals surface area contributed by atoms with E-state index < -0.39 is 107 Å². The molecule has 0 bridgehead atoms. The third kappa shape index (κ3) is 26.1. The number of phenolic OH excluding ortho intramolecular Hbond substituents is 1. The number of hydrogen-bond donors (Lipinski definition) is 11. The number of guanidine groups is 1. The number of carboxylic acids is 2. The standard InChI is InChI=1S/C45H60N10O13.C2HF3O2/c1-28(2)38(43(62)63)53-42(61)36(25-37(57)67-26-30-12-5-3-6-13-30)52-41(60)34(16-9-10-22-49-45(64)68-27-31-14-7-4-8-15-31)51-40(59)35(17-11-23-48-44(47)54-55(65)66)50-39(58)33(46)24-29-18-20-32(56)21-19-29;3-2(4,5)1(6)7/h3-8,12-15,18-21,28,33-36,38,56H,9-11,16-17,22-27,46H2,1-2H3,(H,49,64)(H,50,58)(H,51,59)(H,52,60)(H,53,61)(H,62,63)(H3,47,48,54);(H,6,7)/t33-,34-,35-,36-,38-;/m0./s1. The fourth-order valence-corrected chi connectivity index (χ4v) is 6.34. The minimum absolute atomic E-state index is 0.00346. The first-order valence-electron chi connectivity index (χ1n) is 23.0. The van der Waals surface area contributed by atoms with Crippen molar-refractivity contribution in [1.29, 1.82) is 0 Å². The Balaban J connectivity index is 0.00000256. The van der Waals surface area contributed by atoms with Crippen molar-refractivity contribution in [3.05, 3.63) is 112 Å². The van der Waals surface area contributed by atoms with Crippen molar-refractivity contribution in [3.63, 3.8) is 0 Å². The number of nitro groups is 1. The average molecular weight is 1060 g/mol. The first kappa shape index (κ1) is 62.6. The molecule has 0 aromatic heterocycles. The number of carboxylic acid groups (broad SMARTS) is 2. The zero-order valence-electron chi connectivity index (χ0n) is 40.7. The van der Waals surface area contributed by atoms with E-state index >= 15 is 0 Å². The summed E-state index contributed by atoms with van der Waals surface area (Å²) in [6.45, 7) is 2.89. The van der Waals surface area contributed by atoms with Crippen LogP contribution in [0.3, 0.4) is 0 Å². The number of aliphatic carboxylic acids is 2. The minimum Gasteiger partial charge on any atom is -0.508 e. The Morgan fingerprint density at radius 2 is 1.20 bits per heavy atom. The number of nitrogens with two attached hydrogens (primary N) is 2. The number of alkyl halides is 3. The van der Waals surface area contributed by atoms with Gasteiger partial charge in [0.15, 0.2) is 5.03 Å². The number of benzene rings is 3. The lowest BCUT2D eigenvalue weighted by atomic mass is 10.0. The highest BCUT2D eigenvalue weighted by Gasteiger charge is 2.38. The van der Waals surface area contributed by atoms with Crippen molar-refractivity contribution >= 4 is 53.6 Å². The number of hydrazine groups is 1. The molecule has 0 aliphatic heterocycles. The summed E-state index contributed by atoms with van der Waals surface area (Å²) in [7, 11) is 0. The highest BCUT2D eigenvalue weighted by molar-refractivity contribution is 5.96. The zero-order valence-corrected chi connectivity index (χ0v) is 40.7. The van der Waals surface area contributed by atoms with Gasteiger partial charge in [0, 0.05) is 13.1 Å². The molecule has 3 aromatic rings. The van der Waals surface area contributed by atoms with Gasteiger partial charge in [-0.2, -0.15) is 13.2 Å². The lowest BCUT2D eigenvalue weighted by Crippen LogP contribution is -2.59. The predicted molar refractivity (Wildman–Crippen MR) is 259 cm³/mol. The number of amides is 5. The van der Waals surface area contributed by atoms with Crippen molar-refractivity contribution in [3.8, 4) is 5.75 Å². The van der Waals surface area contributed by atoms with Crippen LogP contribution in [0.5, 0.6) is 5.75 Å². The van der Waals surface area contributed by atoms with E-state index in [9.17, 15) is 67.1 Å². The van der Waals surface area contributed by atoms with Gasteiger partial charge in [0.25, 0.3) is 5.96 Å². The largest absolute Gasteiger partial charge is 0.508 e. The molecule has 0 spiro atoms. The Morgan fingerprint density at radius 3 is 1.71 bits per heavy atom. The van der Waals surface area contributed by atoms with Crippen molar-refractivity contribution in [2.75, 3.05) is 13.1 Å². The number of ether oxygens (including phenoxy) is 2. The topological polar surface area (TPSA) is 395 Å². The Morgan fingerprint density at radius 1 is 0.707 bits per heavy atom. The number of rotatable bonds is 28. The molecule has 0 heterocycles. The first-order chi connectivity index (χ1) is 35.4. The minimum atomic E-state index is -5.08. The van der Waals surface area contributed by atoms with Crippen LogP contribution >= 0.6 is 0 Å². The normalized spacial score (nSPS) is 13.1. The van der Waals surface area contributed by atoms with Crippen LogP contribution in [0.25, 0.3) is 0 Å². The Hall–Kier alpha value is -8.56. The smallest absolute Gasteiger partial charge is 0.490 e. The quantitative estimate of drug-likeness (QED) is 0.0123. The second-order valence-corrected chi connectivity index (χ2v) is 16.6. The van der Waals surface area contributed by atoms with E-state index in [2.05, 4.69) is 31.6 Å². The molecule has 3 rings (SSSR count). The summed E-state index contributed by atoms with van der Waals surface area (Å²) in [6, 6.07) is 16.4. The van der Waals surface area contributed by atoms with Crippen LogP contribution < -0.4 is 43.5 Å². The molecule has 0 aliphatic rings. The molecule has 0 unspecified atom stereocenters. The number of unbranched alkanes of at least 4 members (excludes halogenated alkanes) is 1. The van der Waals surface area contributed by atoms with Gasteiger partial charge < -0.3 is 62.8 Å². The van der Waals surface area contributed by atoms with Crippen molar-refractivity contribution in [1.82, 2.24) is 32.0 Å². The molecule has 0 saturated heterocycles. The fraction of sp³-hybridized carbons (Fsp3) is 0.426. The molecule has 0 aliphatic carbocycles. The molecule has 13 N–H and O–H groups in total. The van der Waals surface area contributed by atoms with E-state index in [0.29, 0.717) is 11.1 Å². The molecule has 28 heteroatoms. The lowest BCUT2D eigenvalue weighted by Gasteiger charge is -2.27. The number of aromatic hydroxyl groups is 1.